The van der Waals surface area contributed by atoms with Gasteiger partial charge in [-0.3, -0.25) is 4.79 Å². The van der Waals surface area contributed by atoms with E-state index in [4.69, 9.17) is 4.74 Å². The average molecular weight is 150 g/mol. The molecule has 2 heteroatoms. The van der Waals surface area contributed by atoms with Gasteiger partial charge in [-0.25, -0.2) is 0 Å². The van der Waals surface area contributed by atoms with Crippen LogP contribution >= 0.6 is 0 Å². The molecule has 0 aromatic rings. The Balaban J connectivity index is 2.34. The Morgan fingerprint density at radius 2 is 2.64 bits per heavy atom. The zero-order valence-electron chi connectivity index (χ0n) is 6.30. The van der Waals surface area contributed by atoms with E-state index in [2.05, 4.69) is 18.4 Å². The van der Waals surface area contributed by atoms with Crippen LogP contribution in [0.4, 0.5) is 0 Å². The summed E-state index contributed by atoms with van der Waals surface area (Å²) in [6.45, 7) is 3.53. The summed E-state index contributed by atoms with van der Waals surface area (Å²) in [5, 5.41) is 0. The van der Waals surface area contributed by atoms with Gasteiger partial charge in [0.05, 0.1) is 6.42 Å². The highest BCUT2D eigenvalue weighted by Crippen LogP contribution is 2.12. The Kier molecular flexibility index (Phi) is 2.74. The van der Waals surface area contributed by atoms with Gasteiger partial charge >= 0.3 is 5.97 Å². The van der Waals surface area contributed by atoms with Gasteiger partial charge in [-0.05, 0) is 0 Å². The molecule has 0 radical (unpaired) electrons. The van der Waals surface area contributed by atoms with Crippen LogP contribution in [0.25, 0.3) is 0 Å². The monoisotopic (exact) mass is 150 g/mol. The zero-order chi connectivity index (χ0) is 8.10. The van der Waals surface area contributed by atoms with Crippen molar-refractivity contribution in [2.45, 2.75) is 25.4 Å². The number of ether oxygens (including phenoxy) is 1. The van der Waals surface area contributed by atoms with Gasteiger partial charge in [0.1, 0.15) is 0 Å². The molecule has 2 nitrogen and oxygen atoms in total. The van der Waals surface area contributed by atoms with Crippen molar-refractivity contribution >= 4 is 5.97 Å². The fourth-order valence-corrected chi connectivity index (χ4v) is 0.872. The SMILES string of the molecule is C=CCC#CC1CCC(=O)O1. The highest BCUT2D eigenvalue weighted by atomic mass is 16.5. The maximum absolute atomic E-state index is 10.6. The van der Waals surface area contributed by atoms with Crippen LogP contribution in [0.1, 0.15) is 19.3 Å². The lowest BCUT2D eigenvalue weighted by Gasteiger charge is -1.96. The standard InChI is InChI=1S/C9H10O2/c1-2-3-4-5-8-6-7-9(10)11-8/h2,8H,1,3,6-7H2. The molecule has 1 saturated heterocycles. The van der Waals surface area contributed by atoms with Crippen LogP contribution in [0.2, 0.25) is 0 Å². The minimum atomic E-state index is -0.164. The van der Waals surface area contributed by atoms with Crippen LogP contribution in [0.5, 0.6) is 0 Å². The smallest absolute Gasteiger partial charge is 0.307 e. The molecule has 1 rings (SSSR count). The molecule has 0 aliphatic carbocycles. The largest absolute Gasteiger partial charge is 0.449 e. The van der Waals surface area contributed by atoms with E-state index in [1.807, 2.05) is 0 Å². The Labute approximate surface area is 66.2 Å². The van der Waals surface area contributed by atoms with E-state index >= 15 is 0 Å². The highest BCUT2D eigenvalue weighted by Gasteiger charge is 2.20. The predicted octanol–water partition coefficient (Wildman–Crippen LogP) is 1.27. The van der Waals surface area contributed by atoms with Crippen molar-refractivity contribution in [3.05, 3.63) is 12.7 Å². The van der Waals surface area contributed by atoms with E-state index in [-0.39, 0.29) is 12.1 Å². The molecule has 1 fully saturated rings. The van der Waals surface area contributed by atoms with Gasteiger partial charge in [0, 0.05) is 12.8 Å². The number of hydrogen-bond acceptors (Lipinski definition) is 2. The fourth-order valence-electron chi connectivity index (χ4n) is 0.872. The molecule has 1 unspecified atom stereocenters. The summed E-state index contributed by atoms with van der Waals surface area (Å²) >= 11 is 0. The Bertz CT molecular complexity index is 219. The summed E-state index contributed by atoms with van der Waals surface area (Å²) in [4.78, 5) is 10.6. The summed E-state index contributed by atoms with van der Waals surface area (Å²) in [5.41, 5.74) is 0. The first-order valence-corrected chi connectivity index (χ1v) is 3.61. The molecular formula is C9H10O2. The number of hydrogen-bond donors (Lipinski definition) is 0. The Hall–Kier alpha value is -1.23. The molecule has 11 heavy (non-hydrogen) atoms. The normalized spacial score (nSPS) is 21.8. The molecule has 1 atom stereocenters. The van der Waals surface area contributed by atoms with Crippen LogP contribution < -0.4 is 0 Å². The minimum absolute atomic E-state index is 0.136. The summed E-state index contributed by atoms with van der Waals surface area (Å²) in [7, 11) is 0. The summed E-state index contributed by atoms with van der Waals surface area (Å²) < 4.78 is 4.86. The molecule has 0 aromatic heterocycles. The van der Waals surface area contributed by atoms with Crippen LogP contribution in [0.15, 0.2) is 12.7 Å². The first kappa shape index (κ1) is 7.87. The number of esters is 1. The van der Waals surface area contributed by atoms with E-state index < -0.39 is 0 Å². The maximum Gasteiger partial charge on any atom is 0.307 e. The van der Waals surface area contributed by atoms with Gasteiger partial charge in [0.2, 0.25) is 0 Å². The van der Waals surface area contributed by atoms with Crippen LogP contribution in [0.3, 0.4) is 0 Å². The molecule has 0 N–H and O–H groups in total. The third-order valence-electron chi connectivity index (χ3n) is 1.39. The molecule has 0 saturated carbocycles. The second-order valence-electron chi connectivity index (χ2n) is 2.33. The van der Waals surface area contributed by atoms with Gasteiger partial charge in [-0.1, -0.05) is 17.9 Å². The summed E-state index contributed by atoms with van der Waals surface area (Å²) in [6.07, 6.45) is 3.47. The van der Waals surface area contributed by atoms with Crippen LogP contribution in [0, 0.1) is 11.8 Å². The number of carbonyl (C=O) groups is 1. The van der Waals surface area contributed by atoms with Gasteiger partial charge in [0.25, 0.3) is 0 Å². The average Bonchev–Trinajstić information content (AvgIpc) is 2.37. The molecule has 1 aliphatic heterocycles. The van der Waals surface area contributed by atoms with Crippen LogP contribution in [-0.4, -0.2) is 12.1 Å². The molecule has 0 spiro atoms. The number of rotatable bonds is 1. The van der Waals surface area contributed by atoms with Gasteiger partial charge < -0.3 is 4.74 Å². The zero-order valence-corrected chi connectivity index (χ0v) is 6.30. The van der Waals surface area contributed by atoms with E-state index in [1.165, 1.54) is 0 Å². The summed E-state index contributed by atoms with van der Waals surface area (Å²) in [5.74, 6) is 5.56. The lowest BCUT2D eigenvalue weighted by atomic mass is 10.2. The third kappa shape index (κ3) is 2.46. The molecule has 0 bridgehead atoms. The summed E-state index contributed by atoms with van der Waals surface area (Å²) in [6, 6.07) is 0. The molecular weight excluding hydrogens is 140 g/mol. The second kappa shape index (κ2) is 3.82. The van der Waals surface area contributed by atoms with Crippen molar-refractivity contribution < 1.29 is 9.53 Å². The Morgan fingerprint density at radius 3 is 3.18 bits per heavy atom. The topological polar surface area (TPSA) is 26.3 Å². The lowest BCUT2D eigenvalue weighted by Crippen LogP contribution is -2.02. The van der Waals surface area contributed by atoms with Gasteiger partial charge in [0.15, 0.2) is 6.10 Å². The van der Waals surface area contributed by atoms with E-state index in [1.54, 1.807) is 6.08 Å². The van der Waals surface area contributed by atoms with Crippen molar-refractivity contribution in [3.63, 3.8) is 0 Å². The lowest BCUT2D eigenvalue weighted by molar-refractivity contribution is -0.139. The number of carbonyl (C=O) groups excluding carboxylic acids is 1. The van der Waals surface area contributed by atoms with Crippen molar-refractivity contribution in [2.75, 3.05) is 0 Å². The van der Waals surface area contributed by atoms with E-state index in [9.17, 15) is 4.79 Å². The van der Waals surface area contributed by atoms with E-state index in [0.29, 0.717) is 12.8 Å². The first-order valence-electron chi connectivity index (χ1n) is 3.61. The quantitative estimate of drug-likeness (QED) is 0.319. The van der Waals surface area contributed by atoms with Crippen molar-refractivity contribution in [1.29, 1.82) is 0 Å². The molecule has 58 valence electrons. The predicted molar refractivity (Wildman–Crippen MR) is 41.7 cm³/mol. The number of cyclic esters (lactones) is 1. The molecule has 1 heterocycles. The third-order valence-corrected chi connectivity index (χ3v) is 1.39. The second-order valence-corrected chi connectivity index (χ2v) is 2.33. The highest BCUT2D eigenvalue weighted by molar-refractivity contribution is 5.72. The van der Waals surface area contributed by atoms with Crippen LogP contribution in [-0.2, 0) is 9.53 Å². The number of allylic oxidation sites excluding steroid dienone is 1. The maximum atomic E-state index is 10.6. The van der Waals surface area contributed by atoms with Crippen molar-refractivity contribution in [2.24, 2.45) is 0 Å². The van der Waals surface area contributed by atoms with Gasteiger partial charge in [-0.2, -0.15) is 0 Å². The van der Waals surface area contributed by atoms with Crippen molar-refractivity contribution in [3.8, 4) is 11.8 Å². The molecule has 1 aliphatic rings. The van der Waals surface area contributed by atoms with Gasteiger partial charge in [-0.15, -0.1) is 6.58 Å². The van der Waals surface area contributed by atoms with Crippen molar-refractivity contribution in [1.82, 2.24) is 0 Å². The fraction of sp³-hybridized carbons (Fsp3) is 0.444. The molecule has 0 aromatic carbocycles. The minimum Gasteiger partial charge on any atom is -0.449 e. The molecule has 0 amide bonds. The first-order chi connectivity index (χ1) is 5.33. The Morgan fingerprint density at radius 1 is 1.82 bits per heavy atom. The van der Waals surface area contributed by atoms with E-state index in [0.717, 1.165) is 6.42 Å².